The van der Waals surface area contributed by atoms with Gasteiger partial charge in [-0.05, 0) is 34.3 Å². The summed E-state index contributed by atoms with van der Waals surface area (Å²) >= 11 is 3.56. The number of rotatable bonds is 4. The fourth-order valence-corrected chi connectivity index (χ4v) is 2.72. The van der Waals surface area contributed by atoms with Crippen molar-refractivity contribution >= 4 is 21.7 Å². The van der Waals surface area contributed by atoms with E-state index in [1.165, 1.54) is 5.56 Å². The van der Waals surface area contributed by atoms with Crippen LogP contribution in [0, 0.1) is 0 Å². The quantitative estimate of drug-likeness (QED) is 0.923. The zero-order valence-corrected chi connectivity index (χ0v) is 13.1. The Balaban J connectivity index is 2.62. The minimum atomic E-state index is 0.793. The molecule has 1 aromatic heterocycles. The van der Waals surface area contributed by atoms with Crippen molar-refractivity contribution in [3.8, 4) is 11.4 Å². The first-order valence-corrected chi connectivity index (χ1v) is 7.33. The van der Waals surface area contributed by atoms with Gasteiger partial charge in [-0.2, -0.15) is 0 Å². The zero-order chi connectivity index (χ0) is 13.8. The molecule has 0 aliphatic heterocycles. The molecule has 0 spiro atoms. The molecule has 1 heterocycles. The van der Waals surface area contributed by atoms with Crippen LogP contribution in [0.4, 0.5) is 5.82 Å². The summed E-state index contributed by atoms with van der Waals surface area (Å²) in [6.45, 7) is 4.25. The Morgan fingerprint density at radius 1 is 1.11 bits per heavy atom. The van der Waals surface area contributed by atoms with E-state index in [2.05, 4.69) is 63.3 Å². The smallest absolute Gasteiger partial charge is 0.162 e. The van der Waals surface area contributed by atoms with E-state index in [1.54, 1.807) is 0 Å². The molecule has 100 valence electrons. The van der Waals surface area contributed by atoms with Gasteiger partial charge < -0.3 is 5.32 Å². The van der Waals surface area contributed by atoms with Crippen molar-refractivity contribution in [2.45, 2.75) is 26.7 Å². The average Bonchev–Trinajstić information content (AvgIpc) is 2.47. The van der Waals surface area contributed by atoms with Crippen LogP contribution < -0.4 is 5.32 Å². The molecule has 0 bridgehead atoms. The zero-order valence-electron chi connectivity index (χ0n) is 11.5. The number of nitrogens with one attached hydrogen (secondary N) is 1. The molecule has 19 heavy (non-hydrogen) atoms. The maximum Gasteiger partial charge on any atom is 0.162 e. The van der Waals surface area contributed by atoms with Crippen molar-refractivity contribution in [1.29, 1.82) is 0 Å². The van der Waals surface area contributed by atoms with Crippen molar-refractivity contribution < 1.29 is 0 Å². The number of hydrogen-bond donors (Lipinski definition) is 1. The van der Waals surface area contributed by atoms with Crippen LogP contribution in [0.2, 0.25) is 0 Å². The third kappa shape index (κ3) is 2.78. The van der Waals surface area contributed by atoms with Crippen LogP contribution in [-0.4, -0.2) is 17.0 Å². The lowest BCUT2D eigenvalue weighted by Crippen LogP contribution is -2.03. The molecule has 1 aromatic carbocycles. The summed E-state index contributed by atoms with van der Waals surface area (Å²) in [4.78, 5) is 9.29. The van der Waals surface area contributed by atoms with Gasteiger partial charge in [-0.15, -0.1) is 0 Å². The average molecular weight is 320 g/mol. The minimum Gasteiger partial charge on any atom is -0.372 e. The highest BCUT2D eigenvalue weighted by molar-refractivity contribution is 9.10. The number of benzene rings is 1. The monoisotopic (exact) mass is 319 g/mol. The lowest BCUT2D eigenvalue weighted by molar-refractivity contribution is 0.986. The van der Waals surface area contributed by atoms with Crippen LogP contribution in [0.1, 0.15) is 25.1 Å². The largest absolute Gasteiger partial charge is 0.372 e. The maximum atomic E-state index is 4.68. The molecule has 1 N–H and O–H groups in total. The van der Waals surface area contributed by atoms with Gasteiger partial charge in [0.25, 0.3) is 0 Å². The first kappa shape index (κ1) is 14.0. The molecule has 0 radical (unpaired) electrons. The molecular weight excluding hydrogens is 302 g/mol. The standard InChI is InChI=1S/C15H18BrN3/c1-4-10-8-6-7-9-11(10)14-18-12(5-2)13(16)15(17-3)19-14/h6-9H,4-5H2,1-3H3,(H,17,18,19). The summed E-state index contributed by atoms with van der Waals surface area (Å²) in [5, 5.41) is 3.12. The highest BCUT2D eigenvalue weighted by atomic mass is 79.9. The van der Waals surface area contributed by atoms with Gasteiger partial charge in [-0.1, -0.05) is 38.1 Å². The van der Waals surface area contributed by atoms with Gasteiger partial charge in [0.05, 0.1) is 10.2 Å². The van der Waals surface area contributed by atoms with Crippen LogP contribution in [0.15, 0.2) is 28.7 Å². The second kappa shape index (κ2) is 6.15. The number of aromatic nitrogens is 2. The van der Waals surface area contributed by atoms with Gasteiger partial charge in [0, 0.05) is 12.6 Å². The van der Waals surface area contributed by atoms with Crippen molar-refractivity contribution in [2.24, 2.45) is 0 Å². The lowest BCUT2D eigenvalue weighted by atomic mass is 10.0. The number of halogens is 1. The van der Waals surface area contributed by atoms with Crippen LogP contribution in [0.25, 0.3) is 11.4 Å². The summed E-state index contributed by atoms with van der Waals surface area (Å²) in [6, 6.07) is 8.30. The van der Waals surface area contributed by atoms with Crippen molar-refractivity contribution in [3.05, 3.63) is 40.0 Å². The highest BCUT2D eigenvalue weighted by Gasteiger charge is 2.13. The van der Waals surface area contributed by atoms with Crippen LogP contribution >= 0.6 is 15.9 Å². The van der Waals surface area contributed by atoms with Crippen LogP contribution in [-0.2, 0) is 12.8 Å². The Kier molecular flexibility index (Phi) is 4.53. The molecule has 0 saturated carbocycles. The first-order chi connectivity index (χ1) is 9.21. The minimum absolute atomic E-state index is 0.793. The van der Waals surface area contributed by atoms with E-state index in [4.69, 9.17) is 0 Å². The first-order valence-electron chi connectivity index (χ1n) is 6.53. The Bertz CT molecular complexity index is 556. The van der Waals surface area contributed by atoms with E-state index < -0.39 is 0 Å². The summed E-state index contributed by atoms with van der Waals surface area (Å²) in [7, 11) is 1.88. The molecule has 4 heteroatoms. The van der Waals surface area contributed by atoms with Crippen molar-refractivity contribution in [1.82, 2.24) is 9.97 Å². The topological polar surface area (TPSA) is 37.8 Å². The van der Waals surface area contributed by atoms with E-state index in [1.807, 2.05) is 13.1 Å². The van der Waals surface area contributed by atoms with E-state index >= 15 is 0 Å². The van der Waals surface area contributed by atoms with E-state index in [0.29, 0.717) is 0 Å². The van der Waals surface area contributed by atoms with Crippen molar-refractivity contribution in [3.63, 3.8) is 0 Å². The Hall–Kier alpha value is -1.42. The van der Waals surface area contributed by atoms with Crippen molar-refractivity contribution in [2.75, 3.05) is 12.4 Å². The molecule has 0 saturated heterocycles. The molecule has 3 nitrogen and oxygen atoms in total. The molecule has 0 fully saturated rings. The molecule has 0 aliphatic rings. The summed E-state index contributed by atoms with van der Waals surface area (Å²) < 4.78 is 0.954. The fourth-order valence-electron chi connectivity index (χ4n) is 2.06. The third-order valence-electron chi connectivity index (χ3n) is 3.13. The third-order valence-corrected chi connectivity index (χ3v) is 3.96. The number of anilines is 1. The second-order valence-electron chi connectivity index (χ2n) is 4.27. The van der Waals surface area contributed by atoms with Crippen LogP contribution in [0.5, 0.6) is 0 Å². The maximum absolute atomic E-state index is 4.68. The van der Waals surface area contributed by atoms with Gasteiger partial charge in [0.1, 0.15) is 5.82 Å². The SMILES string of the molecule is CCc1ccccc1-c1nc(CC)c(Br)c(NC)n1. The molecular formula is C15H18BrN3. The number of nitrogens with zero attached hydrogens (tertiary/aromatic N) is 2. The van der Waals surface area contributed by atoms with E-state index in [0.717, 1.165) is 40.2 Å². The highest BCUT2D eigenvalue weighted by Crippen LogP contribution is 2.28. The van der Waals surface area contributed by atoms with E-state index in [9.17, 15) is 0 Å². The number of aryl methyl sites for hydroxylation is 2. The molecule has 0 amide bonds. The van der Waals surface area contributed by atoms with Gasteiger partial charge in [-0.25, -0.2) is 9.97 Å². The van der Waals surface area contributed by atoms with Crippen LogP contribution in [0.3, 0.4) is 0 Å². The summed E-state index contributed by atoms with van der Waals surface area (Å²) in [5.74, 6) is 1.63. The van der Waals surface area contributed by atoms with Gasteiger partial charge >= 0.3 is 0 Å². The molecule has 2 aromatic rings. The Morgan fingerprint density at radius 2 is 1.84 bits per heavy atom. The lowest BCUT2D eigenvalue weighted by Gasteiger charge is -2.12. The Labute approximate surface area is 122 Å². The van der Waals surface area contributed by atoms with Gasteiger partial charge in [0.15, 0.2) is 5.82 Å². The molecule has 0 unspecified atom stereocenters. The summed E-state index contributed by atoms with van der Waals surface area (Å²) in [5.41, 5.74) is 3.41. The molecule has 0 atom stereocenters. The van der Waals surface area contributed by atoms with E-state index in [-0.39, 0.29) is 0 Å². The van der Waals surface area contributed by atoms with Gasteiger partial charge in [-0.3, -0.25) is 0 Å². The normalized spacial score (nSPS) is 10.5. The predicted octanol–water partition coefficient (Wildman–Crippen LogP) is 4.07. The molecule has 0 aliphatic carbocycles. The fraction of sp³-hybridized carbons (Fsp3) is 0.333. The predicted molar refractivity (Wildman–Crippen MR) is 83.5 cm³/mol. The Morgan fingerprint density at radius 3 is 2.47 bits per heavy atom. The second-order valence-corrected chi connectivity index (χ2v) is 5.06. The summed E-state index contributed by atoms with van der Waals surface area (Å²) in [6.07, 6.45) is 1.85. The number of hydrogen-bond acceptors (Lipinski definition) is 3. The van der Waals surface area contributed by atoms with Gasteiger partial charge in [0.2, 0.25) is 0 Å². The molecule has 2 rings (SSSR count).